The summed E-state index contributed by atoms with van der Waals surface area (Å²) in [7, 11) is 0. The lowest BCUT2D eigenvalue weighted by atomic mass is 9.83. The van der Waals surface area contributed by atoms with Crippen LogP contribution in [0.4, 0.5) is 5.69 Å². The van der Waals surface area contributed by atoms with Gasteiger partial charge in [0.25, 0.3) is 0 Å². The van der Waals surface area contributed by atoms with E-state index in [-0.39, 0.29) is 29.9 Å². The fourth-order valence-corrected chi connectivity index (χ4v) is 5.24. The monoisotopic (exact) mass is 533 g/mol. The molecule has 2 atom stereocenters. The average Bonchev–Trinajstić information content (AvgIpc) is 3.45. The number of fused-ring (bicyclic) bond motifs is 2. The standard InChI is InChI=1S/C29H35N5O5/c1-2-8-22(33-24(35)17-30)29(39)34-16-6-13-23(34)28(38)32-15-7-14-31-21-12-5-11-20-25(21)27(37)19-10-4-3-9-18(19)26(20)36/h3-5,9-12,22-23,31H,2,6-8,13-17,30H2,1H3,(H,32,38)(H,33,35)/t22-,23-/m0/s1. The van der Waals surface area contributed by atoms with E-state index in [1.54, 1.807) is 47.4 Å². The number of carbonyl (C=O) groups is 5. The first-order chi connectivity index (χ1) is 18.9. The van der Waals surface area contributed by atoms with E-state index in [9.17, 15) is 24.0 Å². The van der Waals surface area contributed by atoms with Crippen LogP contribution in [0.3, 0.4) is 0 Å². The SMILES string of the molecule is CCC[C@H](NC(=O)CN)C(=O)N1CCC[C@H]1C(=O)NCCCNc1cccc2c1C(=O)c1ccccc1C2=O. The highest BCUT2D eigenvalue weighted by Crippen LogP contribution is 2.31. The fraction of sp³-hybridized carbons (Fsp3) is 0.414. The minimum Gasteiger partial charge on any atom is -0.384 e. The first kappa shape index (κ1) is 28.0. The molecule has 0 bridgehead atoms. The van der Waals surface area contributed by atoms with Gasteiger partial charge in [0.05, 0.1) is 12.1 Å². The van der Waals surface area contributed by atoms with Gasteiger partial charge in [0.1, 0.15) is 12.1 Å². The Bertz CT molecular complexity index is 1280. The van der Waals surface area contributed by atoms with E-state index >= 15 is 0 Å². The third-order valence-corrected chi connectivity index (χ3v) is 7.16. The molecule has 0 aromatic heterocycles. The molecule has 2 aliphatic rings. The molecular weight excluding hydrogens is 498 g/mol. The lowest BCUT2D eigenvalue weighted by Gasteiger charge is -2.28. The maximum atomic E-state index is 13.1. The zero-order valence-corrected chi connectivity index (χ0v) is 22.1. The minimum absolute atomic E-state index is 0.171. The van der Waals surface area contributed by atoms with Crippen molar-refractivity contribution < 1.29 is 24.0 Å². The fourth-order valence-electron chi connectivity index (χ4n) is 5.24. The number of anilines is 1. The number of hydrogen-bond acceptors (Lipinski definition) is 7. The molecular formula is C29H35N5O5. The Morgan fingerprint density at radius 2 is 1.72 bits per heavy atom. The van der Waals surface area contributed by atoms with Gasteiger partial charge in [-0.05, 0) is 31.7 Å². The van der Waals surface area contributed by atoms with Gasteiger partial charge in [-0.15, -0.1) is 0 Å². The summed E-state index contributed by atoms with van der Waals surface area (Å²) in [6.07, 6.45) is 3.02. The number of carbonyl (C=O) groups excluding carboxylic acids is 5. The second kappa shape index (κ2) is 12.7. The molecule has 206 valence electrons. The third kappa shape index (κ3) is 6.01. The predicted molar refractivity (Wildman–Crippen MR) is 146 cm³/mol. The Labute approximate surface area is 227 Å². The summed E-state index contributed by atoms with van der Waals surface area (Å²) >= 11 is 0. The highest BCUT2D eigenvalue weighted by Gasteiger charge is 2.37. The van der Waals surface area contributed by atoms with Crippen LogP contribution in [0.5, 0.6) is 0 Å². The molecule has 0 unspecified atom stereocenters. The van der Waals surface area contributed by atoms with Crippen molar-refractivity contribution in [2.45, 2.75) is 51.1 Å². The van der Waals surface area contributed by atoms with Gasteiger partial charge in [0, 0.05) is 42.0 Å². The lowest BCUT2D eigenvalue weighted by Crippen LogP contribution is -2.54. The smallest absolute Gasteiger partial charge is 0.245 e. The summed E-state index contributed by atoms with van der Waals surface area (Å²) in [5, 5.41) is 8.82. The maximum absolute atomic E-state index is 13.1. The lowest BCUT2D eigenvalue weighted by molar-refractivity contribution is -0.141. The summed E-state index contributed by atoms with van der Waals surface area (Å²) in [4.78, 5) is 65.4. The van der Waals surface area contributed by atoms with Gasteiger partial charge in [0.2, 0.25) is 17.7 Å². The number of nitrogens with two attached hydrogens (primary N) is 1. The number of nitrogens with zero attached hydrogens (tertiary/aromatic N) is 1. The van der Waals surface area contributed by atoms with Crippen molar-refractivity contribution >= 4 is 35.0 Å². The van der Waals surface area contributed by atoms with Crippen LogP contribution in [-0.2, 0) is 14.4 Å². The molecule has 3 amide bonds. The number of ketones is 2. The van der Waals surface area contributed by atoms with E-state index in [0.29, 0.717) is 79.7 Å². The van der Waals surface area contributed by atoms with Gasteiger partial charge in [-0.1, -0.05) is 49.7 Å². The number of hydrogen-bond donors (Lipinski definition) is 4. The van der Waals surface area contributed by atoms with Crippen molar-refractivity contribution in [2.75, 3.05) is 31.5 Å². The average molecular weight is 534 g/mol. The number of nitrogens with one attached hydrogen (secondary N) is 3. The molecule has 1 aliphatic heterocycles. The second-order valence-corrected chi connectivity index (χ2v) is 9.81. The van der Waals surface area contributed by atoms with Crippen molar-refractivity contribution in [3.63, 3.8) is 0 Å². The summed E-state index contributed by atoms with van der Waals surface area (Å²) < 4.78 is 0. The first-order valence-corrected chi connectivity index (χ1v) is 13.5. The highest BCUT2D eigenvalue weighted by molar-refractivity contribution is 6.30. The predicted octanol–water partition coefficient (Wildman–Crippen LogP) is 1.61. The Morgan fingerprint density at radius 1 is 1.00 bits per heavy atom. The Kier molecular flexibility index (Phi) is 9.08. The second-order valence-electron chi connectivity index (χ2n) is 9.81. The van der Waals surface area contributed by atoms with E-state index in [4.69, 9.17) is 5.73 Å². The zero-order chi connectivity index (χ0) is 27.9. The Morgan fingerprint density at radius 3 is 2.44 bits per heavy atom. The molecule has 1 heterocycles. The molecule has 2 aromatic carbocycles. The van der Waals surface area contributed by atoms with Gasteiger partial charge in [-0.3, -0.25) is 24.0 Å². The van der Waals surface area contributed by atoms with Gasteiger partial charge >= 0.3 is 0 Å². The van der Waals surface area contributed by atoms with E-state index in [1.165, 1.54) is 0 Å². The van der Waals surface area contributed by atoms with Crippen molar-refractivity contribution in [3.05, 3.63) is 64.7 Å². The molecule has 10 nitrogen and oxygen atoms in total. The molecule has 10 heteroatoms. The van der Waals surface area contributed by atoms with Crippen LogP contribution >= 0.6 is 0 Å². The Balaban J connectivity index is 1.31. The molecule has 2 aromatic rings. The first-order valence-electron chi connectivity index (χ1n) is 13.5. The van der Waals surface area contributed by atoms with E-state index in [2.05, 4.69) is 16.0 Å². The quantitative estimate of drug-likeness (QED) is 0.274. The van der Waals surface area contributed by atoms with Crippen molar-refractivity contribution in [2.24, 2.45) is 5.73 Å². The largest absolute Gasteiger partial charge is 0.384 e. The number of likely N-dealkylation sites (tertiary alicyclic amines) is 1. The van der Waals surface area contributed by atoms with Crippen molar-refractivity contribution in [1.82, 2.24) is 15.5 Å². The van der Waals surface area contributed by atoms with Gasteiger partial charge in [-0.2, -0.15) is 0 Å². The normalized spacial score (nSPS) is 16.8. The molecule has 1 aliphatic carbocycles. The van der Waals surface area contributed by atoms with Gasteiger partial charge in [0.15, 0.2) is 11.6 Å². The molecule has 0 radical (unpaired) electrons. The molecule has 0 spiro atoms. The Hall–Kier alpha value is -4.05. The number of amides is 3. The molecule has 0 saturated carbocycles. The third-order valence-electron chi connectivity index (χ3n) is 7.16. The number of rotatable bonds is 11. The van der Waals surface area contributed by atoms with Crippen molar-refractivity contribution in [3.8, 4) is 0 Å². The molecule has 1 saturated heterocycles. The summed E-state index contributed by atoms with van der Waals surface area (Å²) in [6, 6.07) is 10.7. The van der Waals surface area contributed by atoms with Crippen molar-refractivity contribution in [1.29, 1.82) is 0 Å². The van der Waals surface area contributed by atoms with Gasteiger partial charge in [-0.25, -0.2) is 0 Å². The molecule has 39 heavy (non-hydrogen) atoms. The van der Waals surface area contributed by atoms with Crippen LogP contribution < -0.4 is 21.7 Å². The molecule has 5 N–H and O–H groups in total. The maximum Gasteiger partial charge on any atom is 0.245 e. The van der Waals surface area contributed by atoms with Crippen LogP contribution in [0.25, 0.3) is 0 Å². The van der Waals surface area contributed by atoms with Crippen LogP contribution in [0.15, 0.2) is 42.5 Å². The minimum atomic E-state index is -0.693. The zero-order valence-electron chi connectivity index (χ0n) is 22.1. The molecule has 4 rings (SSSR count). The summed E-state index contributed by atoms with van der Waals surface area (Å²) in [6.45, 7) is 3.03. The van der Waals surface area contributed by atoms with Crippen LogP contribution in [-0.4, -0.2) is 72.5 Å². The molecule has 1 fully saturated rings. The summed E-state index contributed by atoms with van der Waals surface area (Å²) in [5.74, 6) is -1.24. The van der Waals surface area contributed by atoms with E-state index < -0.39 is 18.0 Å². The van der Waals surface area contributed by atoms with Crippen LogP contribution in [0.1, 0.15) is 70.9 Å². The van der Waals surface area contributed by atoms with E-state index in [1.807, 2.05) is 6.92 Å². The van der Waals surface area contributed by atoms with E-state index in [0.717, 1.165) is 0 Å². The highest BCUT2D eigenvalue weighted by atomic mass is 16.2. The van der Waals surface area contributed by atoms with Crippen LogP contribution in [0, 0.1) is 0 Å². The number of benzene rings is 2. The van der Waals surface area contributed by atoms with Crippen LogP contribution in [0.2, 0.25) is 0 Å². The summed E-state index contributed by atoms with van der Waals surface area (Å²) in [5.41, 5.74) is 7.54. The topological polar surface area (TPSA) is 151 Å². The van der Waals surface area contributed by atoms with Gasteiger partial charge < -0.3 is 26.6 Å².